The standard InChI is InChI=1S/C18H23NO2/c1-14-6-5-7-17(12-14)20-10-3-4-11-21-18-13-16(19)9-8-15(18)2/h5-9,12-13H,3-4,10-11,19H2,1-2H3. The number of aryl methyl sites for hydroxylation is 2. The Kier molecular flexibility index (Phi) is 5.50. The van der Waals surface area contributed by atoms with Crippen LogP contribution < -0.4 is 15.2 Å². The minimum absolute atomic E-state index is 0.682. The summed E-state index contributed by atoms with van der Waals surface area (Å²) in [5.41, 5.74) is 8.82. The Morgan fingerprint density at radius 1 is 0.905 bits per heavy atom. The summed E-state index contributed by atoms with van der Waals surface area (Å²) < 4.78 is 11.5. The molecule has 0 aliphatic heterocycles. The monoisotopic (exact) mass is 285 g/mol. The molecule has 2 aromatic rings. The lowest BCUT2D eigenvalue weighted by atomic mass is 10.2. The summed E-state index contributed by atoms with van der Waals surface area (Å²) in [5, 5.41) is 0. The second-order valence-electron chi connectivity index (χ2n) is 5.25. The quantitative estimate of drug-likeness (QED) is 0.614. The highest BCUT2D eigenvalue weighted by molar-refractivity contribution is 5.47. The lowest BCUT2D eigenvalue weighted by Gasteiger charge is -2.10. The summed E-state index contributed by atoms with van der Waals surface area (Å²) in [4.78, 5) is 0. The molecule has 21 heavy (non-hydrogen) atoms. The van der Waals surface area contributed by atoms with E-state index >= 15 is 0 Å². The van der Waals surface area contributed by atoms with E-state index in [9.17, 15) is 0 Å². The van der Waals surface area contributed by atoms with Gasteiger partial charge >= 0.3 is 0 Å². The maximum absolute atomic E-state index is 5.76. The molecule has 2 N–H and O–H groups in total. The number of hydrogen-bond donors (Lipinski definition) is 1. The molecule has 0 radical (unpaired) electrons. The first-order chi connectivity index (χ1) is 10.1. The summed E-state index contributed by atoms with van der Waals surface area (Å²) in [6.45, 7) is 5.48. The van der Waals surface area contributed by atoms with E-state index in [0.717, 1.165) is 35.6 Å². The van der Waals surface area contributed by atoms with Gasteiger partial charge in [0, 0.05) is 11.8 Å². The molecule has 0 aromatic heterocycles. The lowest BCUT2D eigenvalue weighted by Crippen LogP contribution is -2.03. The normalized spacial score (nSPS) is 10.4. The van der Waals surface area contributed by atoms with E-state index in [4.69, 9.17) is 15.2 Å². The maximum Gasteiger partial charge on any atom is 0.124 e. The van der Waals surface area contributed by atoms with Gasteiger partial charge in [0.1, 0.15) is 11.5 Å². The second-order valence-corrected chi connectivity index (χ2v) is 5.25. The molecule has 0 saturated heterocycles. The topological polar surface area (TPSA) is 44.5 Å². The van der Waals surface area contributed by atoms with E-state index in [0.29, 0.717) is 13.2 Å². The zero-order valence-corrected chi connectivity index (χ0v) is 12.8. The van der Waals surface area contributed by atoms with Gasteiger partial charge in [0.15, 0.2) is 0 Å². The first-order valence-corrected chi connectivity index (χ1v) is 7.33. The van der Waals surface area contributed by atoms with Crippen LogP contribution in [0.25, 0.3) is 0 Å². The highest BCUT2D eigenvalue weighted by Crippen LogP contribution is 2.21. The number of anilines is 1. The Balaban J connectivity index is 1.65. The van der Waals surface area contributed by atoms with Crippen molar-refractivity contribution in [2.24, 2.45) is 0 Å². The Hall–Kier alpha value is -2.16. The zero-order chi connectivity index (χ0) is 15.1. The van der Waals surface area contributed by atoms with Crippen LogP contribution >= 0.6 is 0 Å². The highest BCUT2D eigenvalue weighted by Gasteiger charge is 2.00. The minimum atomic E-state index is 0.682. The zero-order valence-electron chi connectivity index (χ0n) is 12.8. The lowest BCUT2D eigenvalue weighted by molar-refractivity contribution is 0.265. The number of hydrogen-bond acceptors (Lipinski definition) is 3. The first-order valence-electron chi connectivity index (χ1n) is 7.33. The Labute approximate surface area is 126 Å². The third-order valence-electron chi connectivity index (χ3n) is 3.27. The van der Waals surface area contributed by atoms with Gasteiger partial charge < -0.3 is 15.2 Å². The molecular weight excluding hydrogens is 262 g/mol. The molecule has 3 heteroatoms. The molecule has 0 aliphatic rings. The van der Waals surface area contributed by atoms with Crippen LogP contribution in [0.1, 0.15) is 24.0 Å². The number of nitrogens with two attached hydrogens (primary N) is 1. The van der Waals surface area contributed by atoms with E-state index in [-0.39, 0.29) is 0 Å². The molecule has 112 valence electrons. The van der Waals surface area contributed by atoms with Gasteiger partial charge in [-0.2, -0.15) is 0 Å². The van der Waals surface area contributed by atoms with Crippen molar-refractivity contribution in [3.63, 3.8) is 0 Å². The third kappa shape index (κ3) is 5.03. The first kappa shape index (κ1) is 15.2. The van der Waals surface area contributed by atoms with Crippen LogP contribution in [-0.2, 0) is 0 Å². The van der Waals surface area contributed by atoms with Crippen LogP contribution in [0, 0.1) is 13.8 Å². The molecule has 0 heterocycles. The molecule has 0 atom stereocenters. The van der Waals surface area contributed by atoms with Crippen molar-refractivity contribution in [2.75, 3.05) is 18.9 Å². The SMILES string of the molecule is Cc1cccc(OCCCCOc2cc(N)ccc2C)c1. The average Bonchev–Trinajstić information content (AvgIpc) is 2.46. The maximum atomic E-state index is 5.76. The van der Waals surface area contributed by atoms with Gasteiger partial charge in [-0.15, -0.1) is 0 Å². The summed E-state index contributed by atoms with van der Waals surface area (Å²) in [6, 6.07) is 13.8. The van der Waals surface area contributed by atoms with Crippen molar-refractivity contribution < 1.29 is 9.47 Å². The van der Waals surface area contributed by atoms with Gasteiger partial charge in [-0.05, 0) is 56.0 Å². The van der Waals surface area contributed by atoms with Gasteiger partial charge in [-0.3, -0.25) is 0 Å². The smallest absolute Gasteiger partial charge is 0.124 e. The predicted octanol–water partition coefficient (Wildman–Crippen LogP) is 4.12. The van der Waals surface area contributed by atoms with Gasteiger partial charge in [0.25, 0.3) is 0 Å². The van der Waals surface area contributed by atoms with Gasteiger partial charge in [0.05, 0.1) is 13.2 Å². The van der Waals surface area contributed by atoms with E-state index in [2.05, 4.69) is 13.0 Å². The van der Waals surface area contributed by atoms with E-state index in [1.54, 1.807) is 0 Å². The molecular formula is C18H23NO2. The average molecular weight is 285 g/mol. The van der Waals surface area contributed by atoms with E-state index in [1.165, 1.54) is 5.56 Å². The number of ether oxygens (including phenoxy) is 2. The molecule has 0 saturated carbocycles. The van der Waals surface area contributed by atoms with E-state index < -0.39 is 0 Å². The van der Waals surface area contributed by atoms with Gasteiger partial charge in [-0.1, -0.05) is 18.2 Å². The molecule has 2 rings (SSSR count). The van der Waals surface area contributed by atoms with Gasteiger partial charge in [-0.25, -0.2) is 0 Å². The molecule has 2 aromatic carbocycles. The fraction of sp³-hybridized carbons (Fsp3) is 0.333. The summed E-state index contributed by atoms with van der Waals surface area (Å²) in [5.74, 6) is 1.80. The number of nitrogen functional groups attached to an aromatic ring is 1. The van der Waals surface area contributed by atoms with Crippen molar-refractivity contribution in [3.8, 4) is 11.5 Å². The number of benzene rings is 2. The Morgan fingerprint density at radius 2 is 1.67 bits per heavy atom. The Bertz CT molecular complexity index is 581. The summed E-state index contributed by atoms with van der Waals surface area (Å²) in [6.07, 6.45) is 1.93. The molecule has 3 nitrogen and oxygen atoms in total. The summed E-state index contributed by atoms with van der Waals surface area (Å²) >= 11 is 0. The molecule has 0 amide bonds. The third-order valence-corrected chi connectivity index (χ3v) is 3.27. The van der Waals surface area contributed by atoms with Crippen molar-refractivity contribution >= 4 is 5.69 Å². The van der Waals surface area contributed by atoms with Crippen LogP contribution in [-0.4, -0.2) is 13.2 Å². The largest absolute Gasteiger partial charge is 0.494 e. The van der Waals surface area contributed by atoms with Crippen LogP contribution in [0.3, 0.4) is 0 Å². The second kappa shape index (κ2) is 7.58. The summed E-state index contributed by atoms with van der Waals surface area (Å²) in [7, 11) is 0. The fourth-order valence-electron chi connectivity index (χ4n) is 2.05. The number of unbranched alkanes of at least 4 members (excludes halogenated alkanes) is 1. The van der Waals surface area contributed by atoms with Crippen LogP contribution in [0.4, 0.5) is 5.69 Å². The molecule has 0 aliphatic carbocycles. The molecule has 0 bridgehead atoms. The van der Waals surface area contributed by atoms with Crippen LogP contribution in [0.5, 0.6) is 11.5 Å². The predicted molar refractivity (Wildman–Crippen MR) is 87.0 cm³/mol. The molecule has 0 unspecified atom stereocenters. The van der Waals surface area contributed by atoms with Gasteiger partial charge in [0.2, 0.25) is 0 Å². The Morgan fingerprint density at radius 3 is 2.43 bits per heavy atom. The molecule has 0 fully saturated rings. The van der Waals surface area contributed by atoms with Crippen LogP contribution in [0.2, 0.25) is 0 Å². The highest BCUT2D eigenvalue weighted by atomic mass is 16.5. The van der Waals surface area contributed by atoms with Crippen molar-refractivity contribution in [1.29, 1.82) is 0 Å². The molecule has 0 spiro atoms. The fourth-order valence-corrected chi connectivity index (χ4v) is 2.05. The van der Waals surface area contributed by atoms with Crippen molar-refractivity contribution in [2.45, 2.75) is 26.7 Å². The van der Waals surface area contributed by atoms with Crippen molar-refractivity contribution in [1.82, 2.24) is 0 Å². The van der Waals surface area contributed by atoms with Crippen LogP contribution in [0.15, 0.2) is 42.5 Å². The number of rotatable bonds is 7. The van der Waals surface area contributed by atoms with Crippen molar-refractivity contribution in [3.05, 3.63) is 53.6 Å². The minimum Gasteiger partial charge on any atom is -0.494 e. The van der Waals surface area contributed by atoms with E-state index in [1.807, 2.05) is 43.3 Å².